The third-order valence-corrected chi connectivity index (χ3v) is 4.49. The lowest BCUT2D eigenvalue weighted by molar-refractivity contribution is -0.129. The van der Waals surface area contributed by atoms with E-state index in [9.17, 15) is 18.8 Å². The number of halogens is 2. The number of hydrogen-bond acceptors (Lipinski definition) is 4. The molecular formula is C21H16ClFN2O4. The van der Waals surface area contributed by atoms with Crippen molar-refractivity contribution in [3.63, 3.8) is 0 Å². The standard InChI is InChI=1S/C21H16ClFN2O4/c1-2-10-25-20(27)15(19(26)24-21(25)28)11-13-6-8-14(9-7-13)29-12-16-17(22)4-3-5-18(16)23/h2-9,11H,1,10,12H2,(H,24,26,28)/b15-11-. The molecule has 1 aliphatic heterocycles. The average Bonchev–Trinajstić information content (AvgIpc) is 2.69. The third-order valence-electron chi connectivity index (χ3n) is 4.13. The second-order valence-corrected chi connectivity index (χ2v) is 6.49. The molecule has 3 rings (SSSR count). The molecule has 6 nitrogen and oxygen atoms in total. The summed E-state index contributed by atoms with van der Waals surface area (Å²) in [5, 5.41) is 2.38. The van der Waals surface area contributed by atoms with Gasteiger partial charge in [0.2, 0.25) is 0 Å². The van der Waals surface area contributed by atoms with Crippen LogP contribution in [0, 0.1) is 5.82 Å². The lowest BCUT2D eigenvalue weighted by Crippen LogP contribution is -2.54. The molecule has 0 bridgehead atoms. The Morgan fingerprint density at radius 2 is 1.86 bits per heavy atom. The molecule has 1 heterocycles. The summed E-state index contributed by atoms with van der Waals surface area (Å²) >= 11 is 5.97. The van der Waals surface area contributed by atoms with Gasteiger partial charge in [-0.1, -0.05) is 35.9 Å². The van der Waals surface area contributed by atoms with E-state index in [4.69, 9.17) is 16.3 Å². The van der Waals surface area contributed by atoms with Gasteiger partial charge in [-0.2, -0.15) is 0 Å². The summed E-state index contributed by atoms with van der Waals surface area (Å²) in [6, 6.07) is 10.1. The number of barbiturate groups is 1. The monoisotopic (exact) mass is 414 g/mol. The molecule has 148 valence electrons. The van der Waals surface area contributed by atoms with Crippen LogP contribution in [0.2, 0.25) is 5.02 Å². The summed E-state index contributed by atoms with van der Waals surface area (Å²) in [7, 11) is 0. The Morgan fingerprint density at radius 1 is 1.14 bits per heavy atom. The number of amides is 4. The largest absolute Gasteiger partial charge is 0.489 e. The van der Waals surface area contributed by atoms with Gasteiger partial charge in [0.1, 0.15) is 23.7 Å². The van der Waals surface area contributed by atoms with Crippen LogP contribution in [0.5, 0.6) is 5.75 Å². The average molecular weight is 415 g/mol. The van der Waals surface area contributed by atoms with Gasteiger partial charge in [0, 0.05) is 12.1 Å². The van der Waals surface area contributed by atoms with Gasteiger partial charge in [-0.25, -0.2) is 9.18 Å². The first-order valence-electron chi connectivity index (χ1n) is 8.56. The van der Waals surface area contributed by atoms with Crippen LogP contribution in [-0.4, -0.2) is 29.3 Å². The minimum atomic E-state index is -0.785. The molecule has 0 unspecified atom stereocenters. The van der Waals surface area contributed by atoms with Gasteiger partial charge in [-0.15, -0.1) is 6.58 Å². The lowest BCUT2D eigenvalue weighted by atomic mass is 10.1. The Morgan fingerprint density at radius 3 is 2.52 bits per heavy atom. The predicted octanol–water partition coefficient (Wildman–Crippen LogP) is 3.71. The number of carbonyl (C=O) groups excluding carboxylic acids is 3. The molecule has 0 aromatic heterocycles. The van der Waals surface area contributed by atoms with E-state index in [1.807, 2.05) is 0 Å². The first kappa shape index (κ1) is 20.3. The highest BCUT2D eigenvalue weighted by molar-refractivity contribution is 6.31. The summed E-state index contributed by atoms with van der Waals surface area (Å²) in [6.45, 7) is 3.42. The van der Waals surface area contributed by atoms with Crippen molar-refractivity contribution >= 4 is 35.5 Å². The Labute approximate surface area is 171 Å². The van der Waals surface area contributed by atoms with E-state index in [1.165, 1.54) is 24.3 Å². The SMILES string of the molecule is C=CCN1C(=O)NC(=O)/C(=C/c2ccc(OCc3c(F)cccc3Cl)cc2)C1=O. The van der Waals surface area contributed by atoms with E-state index in [2.05, 4.69) is 11.9 Å². The number of hydrogen-bond donors (Lipinski definition) is 1. The maximum Gasteiger partial charge on any atom is 0.331 e. The molecule has 0 saturated carbocycles. The van der Waals surface area contributed by atoms with Crippen LogP contribution in [0.15, 0.2) is 60.7 Å². The number of carbonyl (C=O) groups is 3. The summed E-state index contributed by atoms with van der Waals surface area (Å²) in [5.74, 6) is -1.48. The molecule has 0 atom stereocenters. The number of rotatable bonds is 6. The van der Waals surface area contributed by atoms with Crippen LogP contribution in [-0.2, 0) is 16.2 Å². The van der Waals surface area contributed by atoms with E-state index in [1.54, 1.807) is 30.3 Å². The molecule has 1 aliphatic rings. The molecule has 0 aliphatic carbocycles. The summed E-state index contributed by atoms with van der Waals surface area (Å²) < 4.78 is 19.3. The second kappa shape index (κ2) is 8.70. The van der Waals surface area contributed by atoms with Gasteiger partial charge in [-0.3, -0.25) is 19.8 Å². The van der Waals surface area contributed by atoms with Crippen molar-refractivity contribution in [2.45, 2.75) is 6.61 Å². The fourth-order valence-corrected chi connectivity index (χ4v) is 2.86. The van der Waals surface area contributed by atoms with Crippen molar-refractivity contribution in [2.75, 3.05) is 6.54 Å². The number of benzene rings is 2. The Balaban J connectivity index is 1.74. The first-order chi connectivity index (χ1) is 13.9. The van der Waals surface area contributed by atoms with E-state index in [0.717, 1.165) is 4.90 Å². The second-order valence-electron chi connectivity index (χ2n) is 6.08. The highest BCUT2D eigenvalue weighted by Gasteiger charge is 2.34. The van der Waals surface area contributed by atoms with Crippen molar-refractivity contribution in [3.8, 4) is 5.75 Å². The number of nitrogens with one attached hydrogen (secondary N) is 1. The van der Waals surface area contributed by atoms with Crippen LogP contribution in [0.3, 0.4) is 0 Å². The predicted molar refractivity (Wildman–Crippen MR) is 106 cm³/mol. The molecule has 2 aromatic carbocycles. The molecule has 8 heteroatoms. The molecule has 4 amide bonds. The Hall–Kier alpha value is -3.45. The quantitative estimate of drug-likeness (QED) is 0.444. The number of urea groups is 1. The smallest absolute Gasteiger partial charge is 0.331 e. The first-order valence-corrected chi connectivity index (χ1v) is 8.94. The van der Waals surface area contributed by atoms with Gasteiger partial charge < -0.3 is 4.74 Å². The topological polar surface area (TPSA) is 75.7 Å². The molecule has 2 aromatic rings. The maximum atomic E-state index is 13.8. The Kier molecular flexibility index (Phi) is 6.09. The fraction of sp³-hybridized carbons (Fsp3) is 0.0952. The van der Waals surface area contributed by atoms with Gasteiger partial charge >= 0.3 is 6.03 Å². The molecule has 29 heavy (non-hydrogen) atoms. The number of nitrogens with zero attached hydrogens (tertiary/aromatic N) is 1. The van der Waals surface area contributed by atoms with E-state index in [-0.39, 0.29) is 29.3 Å². The van der Waals surface area contributed by atoms with Crippen LogP contribution in [0.4, 0.5) is 9.18 Å². The number of imide groups is 2. The highest BCUT2D eigenvalue weighted by Crippen LogP contribution is 2.22. The van der Waals surface area contributed by atoms with Crippen LogP contribution in [0.25, 0.3) is 6.08 Å². The molecule has 1 fully saturated rings. The van der Waals surface area contributed by atoms with Crippen molar-refractivity contribution in [1.29, 1.82) is 0 Å². The van der Waals surface area contributed by atoms with Crippen LogP contribution < -0.4 is 10.1 Å². The highest BCUT2D eigenvalue weighted by atomic mass is 35.5. The maximum absolute atomic E-state index is 13.8. The van der Waals surface area contributed by atoms with Crippen LogP contribution in [0.1, 0.15) is 11.1 Å². The van der Waals surface area contributed by atoms with Gasteiger partial charge in [0.15, 0.2) is 0 Å². The molecular weight excluding hydrogens is 399 g/mol. The van der Waals surface area contributed by atoms with Crippen molar-refractivity contribution < 1.29 is 23.5 Å². The fourth-order valence-electron chi connectivity index (χ4n) is 2.64. The molecule has 1 N–H and O–H groups in total. The zero-order valence-electron chi connectivity index (χ0n) is 15.2. The van der Waals surface area contributed by atoms with Gasteiger partial charge in [-0.05, 0) is 35.9 Å². The van der Waals surface area contributed by atoms with Gasteiger partial charge in [0.05, 0.1) is 5.02 Å². The number of ether oxygens (including phenoxy) is 1. The third kappa shape index (κ3) is 4.52. The van der Waals surface area contributed by atoms with Crippen molar-refractivity contribution in [1.82, 2.24) is 10.2 Å². The van der Waals surface area contributed by atoms with E-state index >= 15 is 0 Å². The minimum Gasteiger partial charge on any atom is -0.489 e. The normalized spacial score (nSPS) is 15.4. The van der Waals surface area contributed by atoms with Crippen LogP contribution >= 0.6 is 11.6 Å². The lowest BCUT2D eigenvalue weighted by Gasteiger charge is -2.25. The van der Waals surface area contributed by atoms with E-state index in [0.29, 0.717) is 11.3 Å². The minimum absolute atomic E-state index is 0.0132. The van der Waals surface area contributed by atoms with Gasteiger partial charge in [0.25, 0.3) is 11.8 Å². The molecule has 1 saturated heterocycles. The summed E-state index contributed by atoms with van der Waals surface area (Å²) in [4.78, 5) is 37.0. The molecule has 0 radical (unpaired) electrons. The zero-order chi connectivity index (χ0) is 21.0. The zero-order valence-corrected chi connectivity index (χ0v) is 15.9. The molecule has 0 spiro atoms. The van der Waals surface area contributed by atoms with Crippen molar-refractivity contribution in [2.24, 2.45) is 0 Å². The summed E-state index contributed by atoms with van der Waals surface area (Å²) in [6.07, 6.45) is 2.76. The Bertz CT molecular complexity index is 998. The van der Waals surface area contributed by atoms with Crippen molar-refractivity contribution in [3.05, 3.63) is 82.7 Å². The summed E-state index contributed by atoms with van der Waals surface area (Å²) in [5.41, 5.74) is 0.628. The van der Waals surface area contributed by atoms with E-state index < -0.39 is 23.7 Å².